The lowest BCUT2D eigenvalue weighted by Crippen LogP contribution is -2.26. The number of nitrogens with one attached hydrogen (secondary N) is 1. The first-order chi connectivity index (χ1) is 9.06. The number of halogens is 1. The van der Waals surface area contributed by atoms with Crippen molar-refractivity contribution < 1.29 is 9.18 Å². The van der Waals surface area contributed by atoms with E-state index in [-0.39, 0.29) is 23.2 Å². The largest absolute Gasteiger partial charge is 0.399 e. The maximum absolute atomic E-state index is 13.2. The summed E-state index contributed by atoms with van der Waals surface area (Å²) in [7, 11) is 0. The van der Waals surface area contributed by atoms with Crippen LogP contribution in [0.5, 0.6) is 0 Å². The predicted octanol–water partition coefficient (Wildman–Crippen LogP) is 2.90. The number of nitrogens with two attached hydrogens (primary N) is 1. The summed E-state index contributed by atoms with van der Waals surface area (Å²) in [6.07, 6.45) is 0. The highest BCUT2D eigenvalue weighted by Gasteiger charge is 2.12. The van der Waals surface area contributed by atoms with Gasteiger partial charge in [0.2, 0.25) is 0 Å². The molecule has 98 valence electrons. The third-order valence-corrected chi connectivity index (χ3v) is 2.83. The number of carbonyl (C=O) groups is 1. The van der Waals surface area contributed by atoms with Gasteiger partial charge in [0.1, 0.15) is 5.82 Å². The normalized spacial score (nSPS) is 11.9. The number of benzene rings is 2. The molecule has 0 saturated heterocycles. The highest BCUT2D eigenvalue weighted by atomic mass is 19.1. The zero-order chi connectivity index (χ0) is 13.8. The van der Waals surface area contributed by atoms with Gasteiger partial charge in [-0.05, 0) is 30.7 Å². The molecule has 0 unspecified atom stereocenters. The molecule has 0 bridgehead atoms. The van der Waals surface area contributed by atoms with Crippen LogP contribution in [0.3, 0.4) is 0 Å². The maximum atomic E-state index is 13.2. The van der Waals surface area contributed by atoms with Crippen molar-refractivity contribution >= 4 is 11.6 Å². The van der Waals surface area contributed by atoms with Gasteiger partial charge in [-0.15, -0.1) is 0 Å². The fourth-order valence-corrected chi connectivity index (χ4v) is 1.85. The van der Waals surface area contributed by atoms with Gasteiger partial charge in [0.15, 0.2) is 0 Å². The van der Waals surface area contributed by atoms with Crippen LogP contribution < -0.4 is 11.1 Å². The molecule has 2 aromatic rings. The van der Waals surface area contributed by atoms with Crippen LogP contribution in [0.4, 0.5) is 10.1 Å². The molecule has 3 N–H and O–H groups in total. The van der Waals surface area contributed by atoms with Crippen molar-refractivity contribution in [3.8, 4) is 0 Å². The van der Waals surface area contributed by atoms with Gasteiger partial charge >= 0.3 is 0 Å². The summed E-state index contributed by atoms with van der Waals surface area (Å²) in [4.78, 5) is 12.0. The van der Waals surface area contributed by atoms with E-state index in [2.05, 4.69) is 5.32 Å². The van der Waals surface area contributed by atoms with Gasteiger partial charge in [-0.1, -0.05) is 30.3 Å². The molecule has 1 amide bonds. The van der Waals surface area contributed by atoms with Gasteiger partial charge in [0.25, 0.3) is 5.91 Å². The van der Waals surface area contributed by atoms with Gasteiger partial charge in [0, 0.05) is 11.3 Å². The molecule has 1 atom stereocenters. The summed E-state index contributed by atoms with van der Waals surface area (Å²) in [6.45, 7) is 1.87. The summed E-state index contributed by atoms with van der Waals surface area (Å²) < 4.78 is 13.2. The quantitative estimate of drug-likeness (QED) is 0.832. The number of amides is 1. The lowest BCUT2D eigenvalue weighted by Gasteiger charge is -2.14. The summed E-state index contributed by atoms with van der Waals surface area (Å²) in [5.41, 5.74) is 6.96. The van der Waals surface area contributed by atoms with E-state index in [0.717, 1.165) is 5.56 Å². The predicted molar refractivity (Wildman–Crippen MR) is 73.1 cm³/mol. The first-order valence-corrected chi connectivity index (χ1v) is 5.98. The lowest BCUT2D eigenvalue weighted by atomic mass is 10.1. The van der Waals surface area contributed by atoms with Crippen molar-refractivity contribution in [1.82, 2.24) is 5.32 Å². The topological polar surface area (TPSA) is 55.1 Å². The molecule has 0 aliphatic rings. The Labute approximate surface area is 111 Å². The fourth-order valence-electron chi connectivity index (χ4n) is 1.85. The van der Waals surface area contributed by atoms with Crippen LogP contribution in [-0.4, -0.2) is 5.91 Å². The van der Waals surface area contributed by atoms with Crippen molar-refractivity contribution in [2.24, 2.45) is 0 Å². The van der Waals surface area contributed by atoms with Gasteiger partial charge < -0.3 is 11.1 Å². The number of carbonyl (C=O) groups excluding carboxylic acids is 1. The third kappa shape index (κ3) is 3.31. The zero-order valence-corrected chi connectivity index (χ0v) is 10.6. The number of rotatable bonds is 3. The van der Waals surface area contributed by atoms with Crippen LogP contribution in [0.25, 0.3) is 0 Å². The van der Waals surface area contributed by atoms with Gasteiger partial charge in [-0.3, -0.25) is 4.79 Å². The van der Waals surface area contributed by atoms with Crippen LogP contribution in [0, 0.1) is 5.82 Å². The van der Waals surface area contributed by atoms with Gasteiger partial charge in [-0.25, -0.2) is 4.39 Å². The molecule has 0 aromatic heterocycles. The summed E-state index contributed by atoms with van der Waals surface area (Å²) in [5.74, 6) is -0.861. The average molecular weight is 258 g/mol. The first kappa shape index (κ1) is 13.1. The van der Waals surface area contributed by atoms with E-state index >= 15 is 0 Å². The summed E-state index contributed by atoms with van der Waals surface area (Å²) in [5, 5.41) is 2.81. The molecular weight excluding hydrogens is 243 g/mol. The molecular formula is C15H15FN2O. The minimum absolute atomic E-state index is 0.154. The monoisotopic (exact) mass is 258 g/mol. The van der Waals surface area contributed by atoms with Gasteiger partial charge in [-0.2, -0.15) is 0 Å². The van der Waals surface area contributed by atoms with Gasteiger partial charge in [0.05, 0.1) is 6.04 Å². The van der Waals surface area contributed by atoms with Crippen LogP contribution in [-0.2, 0) is 0 Å². The van der Waals surface area contributed by atoms with Crippen LogP contribution in [0.2, 0.25) is 0 Å². The van der Waals surface area contributed by atoms with E-state index in [1.165, 1.54) is 18.2 Å². The smallest absolute Gasteiger partial charge is 0.251 e. The van der Waals surface area contributed by atoms with Crippen molar-refractivity contribution in [1.29, 1.82) is 0 Å². The Bertz CT molecular complexity index is 564. The van der Waals surface area contributed by atoms with Crippen LogP contribution in [0.1, 0.15) is 28.9 Å². The molecule has 0 fully saturated rings. The molecule has 0 spiro atoms. The minimum atomic E-state index is -0.516. The van der Waals surface area contributed by atoms with Crippen molar-refractivity contribution in [3.05, 3.63) is 65.5 Å². The molecule has 2 aromatic carbocycles. The second-order valence-electron chi connectivity index (χ2n) is 4.38. The Morgan fingerprint density at radius 2 is 1.89 bits per heavy atom. The summed E-state index contributed by atoms with van der Waals surface area (Å²) >= 11 is 0. The molecule has 0 radical (unpaired) electrons. The second-order valence-corrected chi connectivity index (χ2v) is 4.38. The number of anilines is 1. The van der Waals surface area contributed by atoms with E-state index in [0.29, 0.717) is 0 Å². The molecule has 2 rings (SSSR count). The Morgan fingerprint density at radius 3 is 2.53 bits per heavy atom. The molecule has 0 saturated carbocycles. The number of hydrogen-bond acceptors (Lipinski definition) is 2. The Hall–Kier alpha value is -2.36. The van der Waals surface area contributed by atoms with E-state index < -0.39 is 5.82 Å². The highest BCUT2D eigenvalue weighted by molar-refractivity contribution is 5.95. The molecule has 3 nitrogen and oxygen atoms in total. The second kappa shape index (κ2) is 5.52. The van der Waals surface area contributed by atoms with E-state index in [9.17, 15) is 9.18 Å². The maximum Gasteiger partial charge on any atom is 0.251 e. The molecule has 4 heteroatoms. The van der Waals surface area contributed by atoms with E-state index in [1.54, 1.807) is 0 Å². The Kier molecular flexibility index (Phi) is 3.80. The highest BCUT2D eigenvalue weighted by Crippen LogP contribution is 2.14. The summed E-state index contributed by atoms with van der Waals surface area (Å²) in [6, 6.07) is 13.2. The van der Waals surface area contributed by atoms with Crippen molar-refractivity contribution in [2.45, 2.75) is 13.0 Å². The molecule has 0 heterocycles. The zero-order valence-electron chi connectivity index (χ0n) is 10.6. The average Bonchev–Trinajstić information content (AvgIpc) is 2.38. The first-order valence-electron chi connectivity index (χ1n) is 5.98. The number of nitrogen functional groups attached to an aromatic ring is 1. The Morgan fingerprint density at radius 1 is 1.21 bits per heavy atom. The molecule has 19 heavy (non-hydrogen) atoms. The molecule has 0 aliphatic heterocycles. The van der Waals surface area contributed by atoms with Crippen LogP contribution >= 0.6 is 0 Å². The SMILES string of the molecule is C[C@@H](NC(=O)c1cc(N)cc(F)c1)c1ccccc1. The standard InChI is InChI=1S/C15H15FN2O/c1-10(11-5-3-2-4-6-11)18-15(19)12-7-13(16)9-14(17)8-12/h2-10H,17H2,1H3,(H,18,19)/t10-/m1/s1. The Balaban J connectivity index is 2.13. The van der Waals surface area contributed by atoms with E-state index in [4.69, 9.17) is 5.73 Å². The fraction of sp³-hybridized carbons (Fsp3) is 0.133. The third-order valence-electron chi connectivity index (χ3n) is 2.83. The van der Waals surface area contributed by atoms with Crippen LogP contribution in [0.15, 0.2) is 48.5 Å². The van der Waals surface area contributed by atoms with Crippen molar-refractivity contribution in [3.63, 3.8) is 0 Å². The van der Waals surface area contributed by atoms with Crippen molar-refractivity contribution in [2.75, 3.05) is 5.73 Å². The minimum Gasteiger partial charge on any atom is -0.399 e. The lowest BCUT2D eigenvalue weighted by molar-refractivity contribution is 0.0939. The molecule has 0 aliphatic carbocycles. The number of hydrogen-bond donors (Lipinski definition) is 2. The van der Waals surface area contributed by atoms with E-state index in [1.807, 2.05) is 37.3 Å².